The molecular formula is C18H24N2O3. The summed E-state index contributed by atoms with van der Waals surface area (Å²) in [6, 6.07) is 1.37. The maximum absolute atomic E-state index is 12.4. The lowest BCUT2D eigenvalue weighted by atomic mass is 9.79. The average Bonchev–Trinajstić information content (AvgIpc) is 3.28. The summed E-state index contributed by atoms with van der Waals surface area (Å²) in [5, 5.41) is 5.93. The van der Waals surface area contributed by atoms with Gasteiger partial charge in [-0.2, -0.15) is 0 Å². The predicted molar refractivity (Wildman–Crippen MR) is 84.6 cm³/mol. The fourth-order valence-corrected chi connectivity index (χ4v) is 5.28. The largest absolute Gasteiger partial charge is 0.472 e. The first kappa shape index (κ1) is 14.8. The second-order valence-corrected chi connectivity index (χ2v) is 7.48. The van der Waals surface area contributed by atoms with Gasteiger partial charge in [0.2, 0.25) is 5.91 Å². The van der Waals surface area contributed by atoms with Gasteiger partial charge in [-0.05, 0) is 62.3 Å². The Kier molecular flexibility index (Phi) is 3.66. The first-order valence-corrected chi connectivity index (χ1v) is 8.77. The summed E-state index contributed by atoms with van der Waals surface area (Å²) in [7, 11) is 0. The lowest BCUT2D eigenvalue weighted by molar-refractivity contribution is -0.123. The lowest BCUT2D eigenvalue weighted by Gasteiger charge is -2.32. The minimum atomic E-state index is -0.532. The molecule has 0 radical (unpaired) electrons. The summed E-state index contributed by atoms with van der Waals surface area (Å²) in [6.07, 6.45) is 9.34. The third-order valence-corrected chi connectivity index (χ3v) is 6.28. The van der Waals surface area contributed by atoms with Gasteiger partial charge in [0.25, 0.3) is 5.91 Å². The molecule has 0 aliphatic heterocycles. The van der Waals surface area contributed by atoms with Gasteiger partial charge in [0.15, 0.2) is 0 Å². The molecule has 1 aromatic rings. The molecule has 5 nitrogen and oxygen atoms in total. The highest BCUT2D eigenvalue weighted by Gasteiger charge is 2.54. The van der Waals surface area contributed by atoms with Crippen LogP contribution in [0.3, 0.4) is 0 Å². The van der Waals surface area contributed by atoms with Crippen LogP contribution in [0, 0.1) is 23.7 Å². The topological polar surface area (TPSA) is 71.3 Å². The molecule has 3 fully saturated rings. The number of nitrogens with one attached hydrogen (secondary N) is 2. The molecule has 0 aromatic carbocycles. The van der Waals surface area contributed by atoms with Gasteiger partial charge in [0.1, 0.15) is 12.3 Å². The fourth-order valence-electron chi connectivity index (χ4n) is 5.28. The van der Waals surface area contributed by atoms with E-state index >= 15 is 0 Å². The van der Waals surface area contributed by atoms with E-state index in [9.17, 15) is 9.59 Å². The second-order valence-electron chi connectivity index (χ2n) is 7.48. The van der Waals surface area contributed by atoms with Crippen LogP contribution in [0.4, 0.5) is 0 Å². The average molecular weight is 316 g/mol. The van der Waals surface area contributed by atoms with Gasteiger partial charge in [-0.3, -0.25) is 9.59 Å². The zero-order valence-corrected chi connectivity index (χ0v) is 13.5. The molecule has 2 bridgehead atoms. The minimum Gasteiger partial charge on any atom is -0.472 e. The minimum absolute atomic E-state index is 0.0751. The van der Waals surface area contributed by atoms with Crippen LogP contribution in [-0.2, 0) is 4.79 Å². The van der Waals surface area contributed by atoms with E-state index in [1.165, 1.54) is 38.2 Å². The summed E-state index contributed by atoms with van der Waals surface area (Å²) >= 11 is 0. The monoisotopic (exact) mass is 316 g/mol. The van der Waals surface area contributed by atoms with Crippen molar-refractivity contribution >= 4 is 11.8 Å². The Bertz CT molecular complexity index is 597. The van der Waals surface area contributed by atoms with Crippen LogP contribution in [0.25, 0.3) is 0 Å². The van der Waals surface area contributed by atoms with Crippen LogP contribution in [-0.4, -0.2) is 23.9 Å². The van der Waals surface area contributed by atoms with Crippen LogP contribution in [0.5, 0.6) is 0 Å². The molecule has 3 saturated carbocycles. The first-order chi connectivity index (χ1) is 11.1. The summed E-state index contributed by atoms with van der Waals surface area (Å²) < 4.78 is 4.90. The third-order valence-electron chi connectivity index (χ3n) is 6.28. The van der Waals surface area contributed by atoms with Crippen molar-refractivity contribution in [3.05, 3.63) is 24.2 Å². The molecule has 3 aliphatic rings. The highest BCUT2D eigenvalue weighted by atomic mass is 16.3. The number of carbonyl (C=O) groups excluding carboxylic acids is 2. The maximum atomic E-state index is 12.4. The first-order valence-electron chi connectivity index (χ1n) is 8.77. The van der Waals surface area contributed by atoms with Crippen molar-refractivity contribution in [1.82, 2.24) is 10.6 Å². The normalized spacial score (nSPS) is 35.8. The quantitative estimate of drug-likeness (QED) is 0.895. The van der Waals surface area contributed by atoms with Crippen molar-refractivity contribution in [2.75, 3.05) is 0 Å². The Morgan fingerprint density at radius 3 is 2.83 bits per heavy atom. The number of hydrogen-bond acceptors (Lipinski definition) is 3. The van der Waals surface area contributed by atoms with E-state index < -0.39 is 6.04 Å². The highest BCUT2D eigenvalue weighted by Crippen LogP contribution is 2.58. The van der Waals surface area contributed by atoms with Crippen molar-refractivity contribution in [2.24, 2.45) is 23.7 Å². The second kappa shape index (κ2) is 5.69. The molecule has 3 aliphatic carbocycles. The molecule has 0 saturated heterocycles. The van der Waals surface area contributed by atoms with Gasteiger partial charge in [0.05, 0.1) is 11.8 Å². The molecule has 6 atom stereocenters. The zero-order valence-electron chi connectivity index (χ0n) is 13.5. The lowest BCUT2D eigenvalue weighted by Crippen LogP contribution is -2.50. The van der Waals surface area contributed by atoms with Crippen molar-refractivity contribution in [3.63, 3.8) is 0 Å². The number of rotatable bonds is 4. The van der Waals surface area contributed by atoms with Gasteiger partial charge in [-0.15, -0.1) is 0 Å². The molecule has 124 valence electrons. The van der Waals surface area contributed by atoms with Gasteiger partial charge in [0, 0.05) is 6.04 Å². The Labute approximate surface area is 136 Å². The molecule has 5 heteroatoms. The Balaban J connectivity index is 1.33. The summed E-state index contributed by atoms with van der Waals surface area (Å²) in [5.74, 6) is 2.88. The van der Waals surface area contributed by atoms with E-state index in [2.05, 4.69) is 10.6 Å². The molecule has 4 rings (SSSR count). The van der Waals surface area contributed by atoms with E-state index in [1.807, 2.05) is 0 Å². The van der Waals surface area contributed by atoms with Crippen molar-refractivity contribution in [3.8, 4) is 0 Å². The van der Waals surface area contributed by atoms with Gasteiger partial charge >= 0.3 is 0 Å². The maximum Gasteiger partial charge on any atom is 0.255 e. The SMILES string of the molecule is CC(NC(=O)c1ccoc1)C(=O)NC1CC2CC1C1CCCC21. The van der Waals surface area contributed by atoms with Gasteiger partial charge in [-0.1, -0.05) is 6.42 Å². The van der Waals surface area contributed by atoms with E-state index in [4.69, 9.17) is 4.42 Å². The Hall–Kier alpha value is -1.78. The van der Waals surface area contributed by atoms with Crippen molar-refractivity contribution in [2.45, 2.75) is 51.1 Å². The van der Waals surface area contributed by atoms with E-state index in [0.717, 1.165) is 24.2 Å². The van der Waals surface area contributed by atoms with Gasteiger partial charge in [-0.25, -0.2) is 0 Å². The van der Waals surface area contributed by atoms with Crippen molar-refractivity contribution < 1.29 is 14.0 Å². The van der Waals surface area contributed by atoms with Crippen LogP contribution in [0.15, 0.2) is 23.0 Å². The van der Waals surface area contributed by atoms with E-state index in [1.54, 1.807) is 13.0 Å². The fraction of sp³-hybridized carbons (Fsp3) is 0.667. The van der Waals surface area contributed by atoms with Crippen molar-refractivity contribution in [1.29, 1.82) is 0 Å². The Morgan fingerprint density at radius 1 is 1.22 bits per heavy atom. The molecule has 2 N–H and O–H groups in total. The molecule has 1 aromatic heterocycles. The molecular weight excluding hydrogens is 292 g/mol. The number of amides is 2. The highest BCUT2D eigenvalue weighted by molar-refractivity contribution is 5.97. The molecule has 0 spiro atoms. The molecule has 6 unspecified atom stereocenters. The predicted octanol–water partition coefficient (Wildman–Crippen LogP) is 2.34. The smallest absolute Gasteiger partial charge is 0.255 e. The van der Waals surface area contributed by atoms with Gasteiger partial charge < -0.3 is 15.1 Å². The van der Waals surface area contributed by atoms with Crippen LogP contribution >= 0.6 is 0 Å². The summed E-state index contributed by atoms with van der Waals surface area (Å²) in [5.41, 5.74) is 0.443. The molecule has 2 amide bonds. The summed E-state index contributed by atoms with van der Waals surface area (Å²) in [4.78, 5) is 24.4. The Morgan fingerprint density at radius 2 is 2.04 bits per heavy atom. The number of furan rings is 1. The van der Waals surface area contributed by atoms with Crippen LogP contribution in [0.1, 0.15) is 49.4 Å². The van der Waals surface area contributed by atoms with Crippen LogP contribution < -0.4 is 10.6 Å². The van der Waals surface area contributed by atoms with Crippen LogP contribution in [0.2, 0.25) is 0 Å². The molecule has 23 heavy (non-hydrogen) atoms. The number of carbonyl (C=O) groups is 2. The molecule has 1 heterocycles. The number of hydrogen-bond donors (Lipinski definition) is 2. The van der Waals surface area contributed by atoms with E-state index in [-0.39, 0.29) is 11.8 Å². The standard InChI is InChI=1S/C18H24N2O3/c1-10(19-18(22)11-5-6-23-9-11)17(21)20-16-8-12-7-15(16)14-4-2-3-13(12)14/h5-6,9-10,12-16H,2-4,7-8H2,1H3,(H,19,22)(H,20,21). The number of fused-ring (bicyclic) bond motifs is 5. The van der Waals surface area contributed by atoms with E-state index in [0.29, 0.717) is 17.5 Å². The summed E-state index contributed by atoms with van der Waals surface area (Å²) in [6.45, 7) is 1.74. The third kappa shape index (κ3) is 2.56. The zero-order chi connectivity index (χ0) is 16.0.